The predicted molar refractivity (Wildman–Crippen MR) is 148 cm³/mol. The van der Waals surface area contributed by atoms with E-state index in [1.807, 2.05) is 0 Å². The van der Waals surface area contributed by atoms with Crippen LogP contribution in [0.5, 0.6) is 23.0 Å². The number of aromatic hydroxyl groups is 2. The second kappa shape index (κ2) is 14.7. The van der Waals surface area contributed by atoms with E-state index in [0.29, 0.717) is 17.9 Å². The van der Waals surface area contributed by atoms with E-state index in [0.717, 1.165) is 18.4 Å². The van der Waals surface area contributed by atoms with Crippen molar-refractivity contribution in [2.24, 2.45) is 11.8 Å². The number of ether oxygens (including phenoxy) is 6. The molecule has 4 rings (SSSR count). The van der Waals surface area contributed by atoms with Gasteiger partial charge in [-0.25, -0.2) is 0 Å². The van der Waals surface area contributed by atoms with Gasteiger partial charge in [0.15, 0.2) is 29.3 Å². The molecule has 12 nitrogen and oxygen atoms in total. The average Bonchev–Trinajstić information content (AvgIpc) is 3.42. The summed E-state index contributed by atoms with van der Waals surface area (Å²) in [6.45, 7) is 2.19. The standard InChI is InChI=1S/C30H42O12/c1-4-5-10-39-28(16-6-8-20(32)22(11-16)37-2)18-14-40-29(17-7-9-21(33)23(12-17)38-3)19(18)15-41-30-27(36)26(35)25(34)24(13-31)42-30/h6-9,11-12,18-19,24-36H,4-5,10,13-15H2,1-3H3. The van der Waals surface area contributed by atoms with Gasteiger partial charge in [-0.2, -0.15) is 0 Å². The Bertz CT molecular complexity index is 1140. The molecule has 9 unspecified atom stereocenters. The molecule has 2 aromatic rings. The maximum atomic E-state index is 10.6. The molecule has 42 heavy (non-hydrogen) atoms. The number of phenolic OH excluding ortho intramolecular Hbond substituents is 2. The fourth-order valence-corrected chi connectivity index (χ4v) is 5.53. The first kappa shape index (κ1) is 32.2. The highest BCUT2D eigenvalue weighted by Crippen LogP contribution is 2.48. The topological polar surface area (TPSA) is 177 Å². The van der Waals surface area contributed by atoms with Crippen LogP contribution in [-0.2, 0) is 18.9 Å². The van der Waals surface area contributed by atoms with Gasteiger partial charge in [-0.15, -0.1) is 0 Å². The number of phenols is 2. The lowest BCUT2D eigenvalue weighted by Crippen LogP contribution is -2.59. The molecule has 2 heterocycles. The number of aliphatic hydroxyl groups excluding tert-OH is 4. The Balaban J connectivity index is 1.68. The maximum Gasteiger partial charge on any atom is 0.186 e. The number of hydrogen-bond donors (Lipinski definition) is 6. The van der Waals surface area contributed by atoms with Crippen LogP contribution in [0.3, 0.4) is 0 Å². The van der Waals surface area contributed by atoms with Gasteiger partial charge in [-0.3, -0.25) is 0 Å². The lowest BCUT2D eigenvalue weighted by atomic mass is 9.82. The molecule has 6 N–H and O–H groups in total. The minimum Gasteiger partial charge on any atom is -0.504 e. The van der Waals surface area contributed by atoms with Crippen LogP contribution in [-0.4, -0.2) is 102 Å². The zero-order valence-electron chi connectivity index (χ0n) is 24.0. The highest BCUT2D eigenvalue weighted by molar-refractivity contribution is 5.44. The van der Waals surface area contributed by atoms with Crippen LogP contribution in [0.15, 0.2) is 36.4 Å². The monoisotopic (exact) mass is 594 g/mol. The van der Waals surface area contributed by atoms with Crippen LogP contribution in [0.25, 0.3) is 0 Å². The van der Waals surface area contributed by atoms with E-state index in [1.165, 1.54) is 20.3 Å². The molecule has 0 spiro atoms. The molecule has 0 saturated carbocycles. The Morgan fingerprint density at radius 2 is 1.62 bits per heavy atom. The summed E-state index contributed by atoms with van der Waals surface area (Å²) in [7, 11) is 2.92. The highest BCUT2D eigenvalue weighted by Gasteiger charge is 2.47. The Kier molecular flexibility index (Phi) is 11.3. The lowest BCUT2D eigenvalue weighted by Gasteiger charge is -2.40. The molecule has 234 valence electrons. The van der Waals surface area contributed by atoms with Crippen molar-refractivity contribution in [3.05, 3.63) is 47.5 Å². The Morgan fingerprint density at radius 1 is 0.929 bits per heavy atom. The van der Waals surface area contributed by atoms with E-state index in [1.54, 1.807) is 30.3 Å². The third kappa shape index (κ3) is 6.92. The van der Waals surface area contributed by atoms with E-state index < -0.39 is 55.4 Å². The van der Waals surface area contributed by atoms with E-state index in [4.69, 9.17) is 28.4 Å². The van der Waals surface area contributed by atoms with Crippen LogP contribution in [0.2, 0.25) is 0 Å². The van der Waals surface area contributed by atoms with Crippen molar-refractivity contribution in [2.75, 3.05) is 40.6 Å². The molecule has 2 aliphatic heterocycles. The van der Waals surface area contributed by atoms with E-state index in [9.17, 15) is 30.6 Å². The minimum absolute atomic E-state index is 0.00667. The summed E-state index contributed by atoms with van der Waals surface area (Å²) < 4.78 is 35.0. The second-order valence-corrected chi connectivity index (χ2v) is 10.6. The van der Waals surface area contributed by atoms with Crippen LogP contribution >= 0.6 is 0 Å². The zero-order valence-corrected chi connectivity index (χ0v) is 24.0. The van der Waals surface area contributed by atoms with Crippen LogP contribution in [0.4, 0.5) is 0 Å². The average molecular weight is 595 g/mol. The van der Waals surface area contributed by atoms with Crippen molar-refractivity contribution in [1.82, 2.24) is 0 Å². The smallest absolute Gasteiger partial charge is 0.186 e. The quantitative estimate of drug-likeness (QED) is 0.186. The molecule has 2 aliphatic rings. The lowest BCUT2D eigenvalue weighted by molar-refractivity contribution is -0.304. The van der Waals surface area contributed by atoms with Gasteiger partial charge in [0.25, 0.3) is 0 Å². The van der Waals surface area contributed by atoms with Gasteiger partial charge in [-0.05, 0) is 41.8 Å². The van der Waals surface area contributed by atoms with Gasteiger partial charge in [0.1, 0.15) is 24.4 Å². The van der Waals surface area contributed by atoms with Gasteiger partial charge in [0, 0.05) is 18.4 Å². The number of benzene rings is 2. The molecule has 2 fully saturated rings. The summed E-state index contributed by atoms with van der Waals surface area (Å²) in [6, 6.07) is 9.95. The van der Waals surface area contributed by atoms with Gasteiger partial charge < -0.3 is 59.1 Å². The minimum atomic E-state index is -1.58. The predicted octanol–water partition coefficient (Wildman–Crippen LogP) is 1.79. The van der Waals surface area contributed by atoms with Gasteiger partial charge in [0.2, 0.25) is 0 Å². The van der Waals surface area contributed by atoms with Gasteiger partial charge in [0.05, 0.1) is 46.2 Å². The number of hydrogen-bond acceptors (Lipinski definition) is 12. The number of methoxy groups -OCH3 is 2. The molecule has 0 aromatic heterocycles. The first-order valence-corrected chi connectivity index (χ1v) is 14.1. The summed E-state index contributed by atoms with van der Waals surface area (Å²) >= 11 is 0. The molecule has 12 heteroatoms. The Labute approximate surface area is 244 Å². The summed E-state index contributed by atoms with van der Waals surface area (Å²) in [6.07, 6.45) is -6.40. The van der Waals surface area contributed by atoms with E-state index >= 15 is 0 Å². The van der Waals surface area contributed by atoms with E-state index in [-0.39, 0.29) is 36.4 Å². The fourth-order valence-electron chi connectivity index (χ4n) is 5.53. The van der Waals surface area contributed by atoms with Crippen LogP contribution < -0.4 is 9.47 Å². The molecule has 2 aromatic carbocycles. The summed E-state index contributed by atoms with van der Waals surface area (Å²) in [5, 5.41) is 61.0. The Morgan fingerprint density at radius 3 is 2.29 bits per heavy atom. The van der Waals surface area contributed by atoms with Crippen LogP contribution in [0, 0.1) is 11.8 Å². The highest BCUT2D eigenvalue weighted by atomic mass is 16.7. The number of aliphatic hydroxyl groups is 4. The summed E-state index contributed by atoms with van der Waals surface area (Å²) in [5.74, 6) is -0.171. The van der Waals surface area contributed by atoms with Gasteiger partial charge in [-0.1, -0.05) is 25.5 Å². The normalized spacial score (nSPS) is 30.3. The first-order valence-electron chi connectivity index (χ1n) is 14.1. The Hall–Kier alpha value is -2.68. The number of unbranched alkanes of at least 4 members (excludes halogenated alkanes) is 1. The molecule has 0 bridgehead atoms. The zero-order chi connectivity index (χ0) is 30.4. The molecule has 9 atom stereocenters. The van der Waals surface area contributed by atoms with Crippen molar-refractivity contribution < 1.29 is 59.1 Å². The fraction of sp³-hybridized carbons (Fsp3) is 0.600. The third-order valence-electron chi connectivity index (χ3n) is 7.96. The number of rotatable bonds is 13. The van der Waals surface area contributed by atoms with Crippen molar-refractivity contribution in [1.29, 1.82) is 0 Å². The maximum absolute atomic E-state index is 10.6. The molecule has 0 aliphatic carbocycles. The van der Waals surface area contributed by atoms with Crippen molar-refractivity contribution in [3.63, 3.8) is 0 Å². The second-order valence-electron chi connectivity index (χ2n) is 10.6. The largest absolute Gasteiger partial charge is 0.504 e. The molecule has 2 saturated heterocycles. The third-order valence-corrected chi connectivity index (χ3v) is 7.96. The molecule has 0 amide bonds. The molecular formula is C30H42O12. The molecule has 0 radical (unpaired) electrons. The van der Waals surface area contributed by atoms with E-state index in [2.05, 4.69) is 6.92 Å². The van der Waals surface area contributed by atoms with Crippen molar-refractivity contribution in [3.8, 4) is 23.0 Å². The summed E-state index contributed by atoms with van der Waals surface area (Å²) in [4.78, 5) is 0. The van der Waals surface area contributed by atoms with Gasteiger partial charge >= 0.3 is 0 Å². The van der Waals surface area contributed by atoms with Crippen molar-refractivity contribution >= 4 is 0 Å². The summed E-state index contributed by atoms with van der Waals surface area (Å²) in [5.41, 5.74) is 1.47. The SMILES string of the molecule is CCCCOC(c1ccc(O)c(OC)c1)C1COC(c2ccc(O)c(OC)c2)C1COC1OC(CO)C(O)C(O)C1O. The van der Waals surface area contributed by atoms with Crippen molar-refractivity contribution in [2.45, 2.75) is 62.7 Å². The van der Waals surface area contributed by atoms with Crippen LogP contribution in [0.1, 0.15) is 43.1 Å². The first-order chi connectivity index (χ1) is 20.2. The molecular weight excluding hydrogens is 552 g/mol.